The number of nitrogens with one attached hydrogen (secondary N) is 6. The molecule has 0 fully saturated rings. The Hall–Kier alpha value is -9.74. The minimum absolute atomic E-state index is 0.0495. The quantitative estimate of drug-likeness (QED) is 0.0275. The SMILES string of the molecule is CCOC(=O)CN(CCN(CCN(CC(=O)O)CC(=O)NNC(=O)CCC1=C(C)c2cc3[nH]c(cc4nc(cc5[nH]c(cc1n2)c(CCC(=O)NNC(=O)CN(CCN(CCN(CC(=O)O)CC(=O)OCC)CC(=O)O)CC(=O)O)c5C)CC4(C)CC)c(CC)c3C)CC(=O)O)CC(=O)O. The fraction of sp³-hybridized carbons (Fsp3) is 0.545. The molecule has 1 unspecified atom stereocenters. The van der Waals surface area contributed by atoms with Crippen LogP contribution >= 0.6 is 0 Å². The van der Waals surface area contributed by atoms with Crippen molar-refractivity contribution in [3.05, 3.63) is 69.3 Å². The standard InChI is InChI=1S/C66H94N14O20/c1-9-44-40(5)48-26-49-42(7)46(14-16-55(82)72-74-57(84)31-78(35-61(91)92)22-18-76(33-59(87)88)20-24-80(37-63(95)96)39-65(98)100-12-4)51(69-49)27-50-45(41(6)47(68-50)25-43-29-66(8,10-2)53(67-43)28-52(44)70-48)13-15-54(81)71-73-56(83)30-77(34-60(89)90)21-17-75(32-58(85)86)19-23-79(36-62(93)94)38-64(97)99-11-3/h25-28,68,70H,9-24,29-39H2,1-8H3,(H,71,81)(H,72,82)(H,73,83)(H,74,84)(H,85,86)(H,87,88)(H,89,90)(H,91,92)(H,93,94)(H,95,96). The number of ether oxygens (including phenoxy) is 2. The van der Waals surface area contributed by atoms with Crippen molar-refractivity contribution >= 4 is 105 Å². The summed E-state index contributed by atoms with van der Waals surface area (Å²) < 4.78 is 9.86. The first-order valence-corrected chi connectivity index (χ1v) is 32.9. The zero-order chi connectivity index (χ0) is 74.0. The minimum Gasteiger partial charge on any atom is -0.480 e. The number of carboxylic acids is 6. The van der Waals surface area contributed by atoms with Gasteiger partial charge in [0.25, 0.3) is 11.8 Å². The summed E-state index contributed by atoms with van der Waals surface area (Å²) in [6, 6.07) is 7.84. The van der Waals surface area contributed by atoms with Gasteiger partial charge in [0.05, 0.1) is 90.0 Å². The van der Waals surface area contributed by atoms with Crippen molar-refractivity contribution in [3.8, 4) is 0 Å². The van der Waals surface area contributed by atoms with Gasteiger partial charge < -0.3 is 50.1 Å². The third-order valence-electron chi connectivity index (χ3n) is 17.1. The molecule has 548 valence electrons. The van der Waals surface area contributed by atoms with Gasteiger partial charge in [-0.25, -0.2) is 4.98 Å². The summed E-state index contributed by atoms with van der Waals surface area (Å²) in [4.78, 5) is 174. The first-order valence-electron chi connectivity index (χ1n) is 32.9. The van der Waals surface area contributed by atoms with Gasteiger partial charge in [0.15, 0.2) is 0 Å². The van der Waals surface area contributed by atoms with E-state index in [0.29, 0.717) is 46.4 Å². The van der Waals surface area contributed by atoms with Crippen molar-refractivity contribution < 1.29 is 97.6 Å². The van der Waals surface area contributed by atoms with Gasteiger partial charge in [-0.05, 0) is 118 Å². The summed E-state index contributed by atoms with van der Waals surface area (Å²) >= 11 is 0. The molecule has 0 radical (unpaired) electrons. The Morgan fingerprint density at radius 1 is 0.450 bits per heavy atom. The zero-order valence-corrected chi connectivity index (χ0v) is 57.9. The summed E-state index contributed by atoms with van der Waals surface area (Å²) in [5, 5.41) is 57.6. The molecule has 12 N–H and O–H groups in total. The molecule has 5 rings (SSSR count). The molecule has 0 spiro atoms. The zero-order valence-electron chi connectivity index (χ0n) is 57.9. The van der Waals surface area contributed by atoms with E-state index in [9.17, 15) is 88.2 Å². The molecule has 3 aromatic heterocycles. The summed E-state index contributed by atoms with van der Waals surface area (Å²) in [6.07, 6.45) is 1.96. The number of hydrogen-bond donors (Lipinski definition) is 12. The van der Waals surface area contributed by atoms with Crippen molar-refractivity contribution in [2.75, 3.05) is 131 Å². The molecule has 34 nitrogen and oxygen atoms in total. The molecule has 0 aromatic carbocycles. The van der Waals surface area contributed by atoms with E-state index >= 15 is 0 Å². The topological polar surface area (TPSA) is 470 Å². The molecule has 1 atom stereocenters. The fourth-order valence-electron chi connectivity index (χ4n) is 11.7. The van der Waals surface area contributed by atoms with Crippen molar-refractivity contribution in [1.82, 2.24) is 71.0 Å². The van der Waals surface area contributed by atoms with Gasteiger partial charge in [0, 0.05) is 110 Å². The lowest BCUT2D eigenvalue weighted by Gasteiger charge is -2.27. The molecule has 0 saturated heterocycles. The Morgan fingerprint density at radius 2 is 0.820 bits per heavy atom. The number of rotatable bonds is 42. The van der Waals surface area contributed by atoms with Gasteiger partial charge in [0.2, 0.25) is 11.8 Å². The molecule has 100 heavy (non-hydrogen) atoms. The molecule has 34 heteroatoms. The highest BCUT2D eigenvalue weighted by Gasteiger charge is 2.33. The maximum Gasteiger partial charge on any atom is 0.320 e. The maximum atomic E-state index is 13.7. The van der Waals surface area contributed by atoms with E-state index in [1.165, 1.54) is 29.4 Å². The Morgan fingerprint density at radius 3 is 1.24 bits per heavy atom. The van der Waals surface area contributed by atoms with Gasteiger partial charge in [-0.15, -0.1) is 0 Å². The van der Waals surface area contributed by atoms with E-state index in [4.69, 9.17) is 19.4 Å². The minimum atomic E-state index is -1.31. The average molecular weight is 1400 g/mol. The fourth-order valence-corrected chi connectivity index (χ4v) is 11.7. The smallest absolute Gasteiger partial charge is 0.320 e. The van der Waals surface area contributed by atoms with Crippen LogP contribution in [-0.2, 0) is 91.7 Å². The number of aromatic amines is 2. The average Bonchev–Trinajstić information content (AvgIpc) is 1.62. The second-order valence-corrected chi connectivity index (χ2v) is 24.7. The second-order valence-electron chi connectivity index (χ2n) is 24.7. The van der Waals surface area contributed by atoms with E-state index in [-0.39, 0.29) is 110 Å². The number of hydrazine groups is 2. The van der Waals surface area contributed by atoms with Crippen LogP contribution in [0.15, 0.2) is 24.3 Å². The van der Waals surface area contributed by atoms with Crippen LogP contribution in [0.1, 0.15) is 112 Å². The highest BCUT2D eigenvalue weighted by molar-refractivity contribution is 5.95. The predicted octanol–water partition coefficient (Wildman–Crippen LogP) is 0.789. The monoisotopic (exact) mass is 1400 g/mol. The molecular weight excluding hydrogens is 1310 g/mol. The lowest BCUT2D eigenvalue weighted by molar-refractivity contribution is -0.148. The van der Waals surface area contributed by atoms with Crippen molar-refractivity contribution in [2.24, 2.45) is 0 Å². The van der Waals surface area contributed by atoms with E-state index < -0.39 is 124 Å². The highest BCUT2D eigenvalue weighted by Crippen LogP contribution is 2.38. The molecular formula is C66H94N14O20. The molecule has 2 aliphatic heterocycles. The third kappa shape index (κ3) is 26.2. The number of fused-ring (bicyclic) bond motifs is 8. The second kappa shape index (κ2) is 39.2. The summed E-state index contributed by atoms with van der Waals surface area (Å²) in [5.41, 5.74) is 19.9. The number of esters is 2. The number of amides is 4. The van der Waals surface area contributed by atoms with Gasteiger partial charge >= 0.3 is 47.8 Å². The third-order valence-corrected chi connectivity index (χ3v) is 17.1. The van der Waals surface area contributed by atoms with Crippen LogP contribution in [0.2, 0.25) is 0 Å². The van der Waals surface area contributed by atoms with Crippen LogP contribution in [0.3, 0.4) is 0 Å². The van der Waals surface area contributed by atoms with Gasteiger partial charge in [0.1, 0.15) is 0 Å². The van der Waals surface area contributed by atoms with Crippen LogP contribution in [0.4, 0.5) is 0 Å². The highest BCUT2D eigenvalue weighted by atomic mass is 16.5. The predicted molar refractivity (Wildman–Crippen MR) is 362 cm³/mol. The summed E-state index contributed by atoms with van der Waals surface area (Å²) in [6.45, 7) is 9.45. The number of carbonyl (C=O) groups excluding carboxylic acids is 6. The Kier molecular flexibility index (Phi) is 31.7. The Balaban J connectivity index is 1.38. The number of aryl methyl sites for hydroxylation is 4. The molecule has 5 heterocycles. The van der Waals surface area contributed by atoms with Gasteiger partial charge in [-0.2, -0.15) is 0 Å². The normalized spacial score (nSPS) is 13.7. The van der Waals surface area contributed by atoms with Crippen LogP contribution in [-0.4, -0.2) is 282 Å². The van der Waals surface area contributed by atoms with E-state index in [0.717, 1.165) is 51.1 Å². The number of nitrogens with zero attached hydrogens (tertiary/aromatic N) is 8. The van der Waals surface area contributed by atoms with Gasteiger partial charge in [-0.1, -0.05) is 20.8 Å². The molecule has 0 aliphatic carbocycles. The Labute approximate surface area is 577 Å². The first-order chi connectivity index (χ1) is 47.3. The van der Waals surface area contributed by atoms with Crippen molar-refractivity contribution in [3.63, 3.8) is 0 Å². The number of carboxylic acid groups (broad SMARTS) is 6. The van der Waals surface area contributed by atoms with Crippen LogP contribution in [0.5, 0.6) is 0 Å². The lowest BCUT2D eigenvalue weighted by Crippen LogP contribution is -2.49. The number of allylic oxidation sites excluding steroid dienone is 2. The number of aromatic nitrogens is 4. The van der Waals surface area contributed by atoms with Crippen LogP contribution < -0.4 is 21.7 Å². The van der Waals surface area contributed by atoms with E-state index in [1.54, 1.807) is 13.8 Å². The number of hydrogen-bond acceptors (Lipinski definition) is 22. The summed E-state index contributed by atoms with van der Waals surface area (Å²) in [7, 11) is 0. The first kappa shape index (κ1) is 80.9. The Bertz CT molecular complexity index is 3700. The lowest BCUT2D eigenvalue weighted by atomic mass is 9.82. The van der Waals surface area contributed by atoms with E-state index in [2.05, 4.69) is 58.5 Å². The molecule has 3 aromatic rings. The van der Waals surface area contributed by atoms with Crippen LogP contribution in [0.25, 0.3) is 33.2 Å². The molecule has 2 aliphatic rings. The summed E-state index contributed by atoms with van der Waals surface area (Å²) in [5.74, 6) is -11.8. The maximum absolute atomic E-state index is 13.7. The van der Waals surface area contributed by atoms with Gasteiger partial charge in [-0.3, -0.25) is 114 Å². The number of aliphatic carboxylic acids is 6. The van der Waals surface area contributed by atoms with Crippen molar-refractivity contribution in [1.29, 1.82) is 0 Å². The number of carbonyl (C=O) groups is 12. The van der Waals surface area contributed by atoms with Crippen LogP contribution in [0, 0.1) is 13.8 Å². The largest absolute Gasteiger partial charge is 0.480 e. The molecule has 8 bridgehead atoms. The molecule has 0 saturated carbocycles. The number of H-pyrrole nitrogens is 2. The van der Waals surface area contributed by atoms with E-state index in [1.807, 2.05) is 39.0 Å². The van der Waals surface area contributed by atoms with Crippen molar-refractivity contribution in [2.45, 2.75) is 106 Å². The molecule has 4 amide bonds.